The van der Waals surface area contributed by atoms with Crippen LogP contribution in [0.15, 0.2) is 24.5 Å². The van der Waals surface area contributed by atoms with Crippen molar-refractivity contribution >= 4 is 11.6 Å². The Labute approximate surface area is 128 Å². The molecule has 2 aromatic rings. The van der Waals surface area contributed by atoms with Crippen LogP contribution in [0.3, 0.4) is 0 Å². The Morgan fingerprint density at radius 3 is 2.81 bits per heavy atom. The van der Waals surface area contributed by atoms with Crippen LogP contribution in [0.25, 0.3) is 5.69 Å². The molecule has 1 N–H and O–H groups in total. The number of nitriles is 2. The second-order valence-electron chi connectivity index (χ2n) is 4.49. The van der Waals surface area contributed by atoms with Crippen LogP contribution in [0.5, 0.6) is 0 Å². The monoisotopic (exact) mass is 299 g/mol. The molecule has 0 atom stereocenters. The van der Waals surface area contributed by atoms with Crippen LogP contribution in [0, 0.1) is 22.7 Å². The van der Waals surface area contributed by atoms with E-state index in [-0.39, 0.29) is 11.4 Å². The van der Waals surface area contributed by atoms with Crippen LogP contribution in [-0.2, 0) is 6.54 Å². The molecule has 0 radical (unpaired) electrons. The molecule has 0 fully saturated rings. The molecule has 1 heterocycles. The molecule has 21 heavy (non-hydrogen) atoms. The minimum Gasteiger partial charge on any atom is -0.313 e. The van der Waals surface area contributed by atoms with Crippen LogP contribution < -0.4 is 5.32 Å². The number of benzene rings is 1. The van der Waals surface area contributed by atoms with Gasteiger partial charge in [0.15, 0.2) is 11.4 Å². The van der Waals surface area contributed by atoms with E-state index in [9.17, 15) is 5.26 Å². The van der Waals surface area contributed by atoms with Crippen LogP contribution in [-0.4, -0.2) is 16.1 Å². The molecule has 2 rings (SSSR count). The summed E-state index contributed by atoms with van der Waals surface area (Å²) in [5, 5.41) is 22.2. The zero-order valence-corrected chi connectivity index (χ0v) is 12.4. The number of nitrogens with one attached hydrogen (secondary N) is 1. The normalized spacial score (nSPS) is 10.1. The molecular formula is C15H14ClN5. The van der Waals surface area contributed by atoms with E-state index < -0.39 is 0 Å². The van der Waals surface area contributed by atoms with Gasteiger partial charge in [0.2, 0.25) is 0 Å². The molecule has 106 valence electrons. The van der Waals surface area contributed by atoms with E-state index in [1.165, 1.54) is 6.33 Å². The summed E-state index contributed by atoms with van der Waals surface area (Å²) >= 11 is 6.05. The highest BCUT2D eigenvalue weighted by Gasteiger charge is 2.14. The van der Waals surface area contributed by atoms with Gasteiger partial charge < -0.3 is 5.32 Å². The molecule has 0 spiro atoms. The van der Waals surface area contributed by atoms with Gasteiger partial charge in [0, 0.05) is 11.6 Å². The van der Waals surface area contributed by atoms with E-state index >= 15 is 0 Å². The number of hydrogen-bond donors (Lipinski definition) is 1. The molecule has 0 unspecified atom stereocenters. The summed E-state index contributed by atoms with van der Waals surface area (Å²) in [4.78, 5) is 3.97. The van der Waals surface area contributed by atoms with Crippen molar-refractivity contribution in [3.8, 4) is 17.8 Å². The molecule has 1 aromatic heterocycles. The lowest BCUT2D eigenvalue weighted by atomic mass is 10.1. The van der Waals surface area contributed by atoms with Crippen molar-refractivity contribution in [2.45, 2.75) is 19.9 Å². The minimum absolute atomic E-state index is 0.125. The Kier molecular flexibility index (Phi) is 4.94. The van der Waals surface area contributed by atoms with Gasteiger partial charge in [-0.05, 0) is 36.7 Å². The predicted molar refractivity (Wildman–Crippen MR) is 80.0 cm³/mol. The first-order valence-electron chi connectivity index (χ1n) is 6.58. The third kappa shape index (κ3) is 3.22. The summed E-state index contributed by atoms with van der Waals surface area (Å²) in [5.41, 5.74) is 2.11. The second-order valence-corrected chi connectivity index (χ2v) is 4.92. The van der Waals surface area contributed by atoms with Gasteiger partial charge in [-0.3, -0.25) is 4.57 Å². The van der Waals surface area contributed by atoms with Crippen LogP contribution in [0.2, 0.25) is 5.02 Å². The smallest absolute Gasteiger partial charge is 0.177 e. The van der Waals surface area contributed by atoms with Gasteiger partial charge in [-0.15, -0.1) is 0 Å². The summed E-state index contributed by atoms with van der Waals surface area (Å²) < 4.78 is 1.62. The molecule has 0 saturated heterocycles. The number of imidazole rings is 1. The van der Waals surface area contributed by atoms with Gasteiger partial charge in [-0.2, -0.15) is 10.5 Å². The van der Waals surface area contributed by atoms with E-state index in [1.807, 2.05) is 24.3 Å². The van der Waals surface area contributed by atoms with Crippen molar-refractivity contribution < 1.29 is 0 Å². The second kappa shape index (κ2) is 6.90. The zero-order valence-electron chi connectivity index (χ0n) is 11.6. The minimum atomic E-state index is 0.125. The fourth-order valence-electron chi connectivity index (χ4n) is 2.05. The number of hydrogen-bond acceptors (Lipinski definition) is 4. The zero-order chi connectivity index (χ0) is 15.2. The number of rotatable bonds is 5. The van der Waals surface area contributed by atoms with E-state index in [0.29, 0.717) is 11.6 Å². The first kappa shape index (κ1) is 15.1. The molecule has 6 heteroatoms. The summed E-state index contributed by atoms with van der Waals surface area (Å²) in [6.07, 6.45) is 2.52. The topological polar surface area (TPSA) is 77.4 Å². The lowest BCUT2D eigenvalue weighted by Crippen LogP contribution is -2.15. The van der Waals surface area contributed by atoms with Crippen molar-refractivity contribution in [1.29, 1.82) is 10.5 Å². The average molecular weight is 300 g/mol. The fourth-order valence-corrected chi connectivity index (χ4v) is 2.24. The largest absolute Gasteiger partial charge is 0.313 e. The Morgan fingerprint density at radius 1 is 1.33 bits per heavy atom. The number of nitrogens with zero attached hydrogens (tertiary/aromatic N) is 4. The molecule has 5 nitrogen and oxygen atoms in total. The first-order chi connectivity index (χ1) is 10.2. The number of halogens is 1. The lowest BCUT2D eigenvalue weighted by Gasteiger charge is -2.12. The maximum atomic E-state index is 9.24. The highest BCUT2D eigenvalue weighted by Crippen LogP contribution is 2.22. The summed E-state index contributed by atoms with van der Waals surface area (Å²) in [5.74, 6) is 0. The van der Waals surface area contributed by atoms with Crippen molar-refractivity contribution in [1.82, 2.24) is 14.9 Å². The van der Waals surface area contributed by atoms with Gasteiger partial charge in [0.05, 0.1) is 5.69 Å². The van der Waals surface area contributed by atoms with Crippen LogP contribution in [0.1, 0.15) is 30.3 Å². The molecule has 0 aliphatic rings. The Balaban J connectivity index is 2.47. The van der Waals surface area contributed by atoms with Gasteiger partial charge in [-0.25, -0.2) is 4.98 Å². The quantitative estimate of drug-likeness (QED) is 0.861. The van der Waals surface area contributed by atoms with Crippen molar-refractivity contribution in [2.24, 2.45) is 0 Å². The van der Waals surface area contributed by atoms with Crippen LogP contribution >= 0.6 is 11.6 Å². The first-order valence-corrected chi connectivity index (χ1v) is 6.96. The van der Waals surface area contributed by atoms with Gasteiger partial charge >= 0.3 is 0 Å². The van der Waals surface area contributed by atoms with Crippen molar-refractivity contribution in [3.63, 3.8) is 0 Å². The average Bonchev–Trinajstić information content (AvgIpc) is 2.90. The predicted octanol–water partition coefficient (Wildman–Crippen LogP) is 2.77. The summed E-state index contributed by atoms with van der Waals surface area (Å²) in [6, 6.07) is 9.39. The molecule has 0 amide bonds. The fraction of sp³-hybridized carbons (Fsp3) is 0.267. The summed E-state index contributed by atoms with van der Waals surface area (Å²) in [7, 11) is 0. The molecular weight excluding hydrogens is 286 g/mol. The maximum absolute atomic E-state index is 9.24. The highest BCUT2D eigenvalue weighted by molar-refractivity contribution is 6.30. The lowest BCUT2D eigenvalue weighted by molar-refractivity contribution is 0.673. The van der Waals surface area contributed by atoms with E-state index in [4.69, 9.17) is 16.9 Å². The molecule has 0 aliphatic carbocycles. The Morgan fingerprint density at radius 2 is 2.14 bits per heavy atom. The Hall–Kier alpha value is -2.34. The van der Waals surface area contributed by atoms with Crippen molar-refractivity contribution in [2.75, 3.05) is 6.54 Å². The highest BCUT2D eigenvalue weighted by atomic mass is 35.5. The van der Waals surface area contributed by atoms with Crippen molar-refractivity contribution in [3.05, 3.63) is 46.5 Å². The number of aromatic nitrogens is 2. The molecule has 0 bridgehead atoms. The van der Waals surface area contributed by atoms with E-state index in [1.54, 1.807) is 10.6 Å². The summed E-state index contributed by atoms with van der Waals surface area (Å²) in [6.45, 7) is 3.62. The van der Waals surface area contributed by atoms with Gasteiger partial charge in [0.25, 0.3) is 0 Å². The Bertz CT molecular complexity index is 721. The third-order valence-corrected chi connectivity index (χ3v) is 3.26. The van der Waals surface area contributed by atoms with E-state index in [0.717, 1.165) is 24.2 Å². The SMILES string of the molecule is CCCNCc1cc(Cl)ccc1-n1cnc(C#N)c1C#N. The standard InChI is InChI=1S/C15H14ClN5/c1-2-5-19-9-11-6-12(16)3-4-14(11)21-10-20-13(7-17)15(21)8-18/h3-4,6,10,19H,2,5,9H2,1H3. The third-order valence-electron chi connectivity index (χ3n) is 3.02. The van der Waals surface area contributed by atoms with E-state index in [2.05, 4.69) is 17.2 Å². The van der Waals surface area contributed by atoms with Crippen LogP contribution in [0.4, 0.5) is 0 Å². The molecule has 0 aliphatic heterocycles. The molecule has 0 saturated carbocycles. The maximum Gasteiger partial charge on any atom is 0.177 e. The van der Waals surface area contributed by atoms with Gasteiger partial charge in [0.1, 0.15) is 18.5 Å². The molecule has 1 aromatic carbocycles. The van der Waals surface area contributed by atoms with Gasteiger partial charge in [-0.1, -0.05) is 18.5 Å².